The number of nitrogens with zero attached hydrogens (tertiary/aromatic N) is 1. The van der Waals surface area contributed by atoms with E-state index in [0.717, 1.165) is 5.92 Å². The first-order valence-electron chi connectivity index (χ1n) is 17.6. The third-order valence-corrected chi connectivity index (χ3v) is 8.90. The summed E-state index contributed by atoms with van der Waals surface area (Å²) in [6, 6.07) is 0. The Morgan fingerprint density at radius 2 is 0.806 bits per heavy atom. The second kappa shape index (κ2) is 28.0. The van der Waals surface area contributed by atoms with Crippen LogP contribution in [0.15, 0.2) is 0 Å². The van der Waals surface area contributed by atoms with Gasteiger partial charge in [-0.2, -0.15) is 0 Å². The van der Waals surface area contributed by atoms with Crippen molar-refractivity contribution in [3.63, 3.8) is 0 Å². The van der Waals surface area contributed by atoms with Crippen LogP contribution in [0.1, 0.15) is 200 Å². The number of rotatable bonds is 28. The molecule has 1 saturated heterocycles. The van der Waals surface area contributed by atoms with Crippen molar-refractivity contribution < 1.29 is 0 Å². The fraction of sp³-hybridized carbons (Fsp3) is 1.00. The van der Waals surface area contributed by atoms with E-state index in [2.05, 4.69) is 18.7 Å². The SMILES string of the molecule is CCCCCCCCCCCCCCCC1CCCN(CCCCCCCCCCCCCCC)C1. The molecule has 0 aromatic carbocycles. The summed E-state index contributed by atoms with van der Waals surface area (Å²) >= 11 is 0. The highest BCUT2D eigenvalue weighted by molar-refractivity contribution is 4.73. The van der Waals surface area contributed by atoms with E-state index in [9.17, 15) is 0 Å². The highest BCUT2D eigenvalue weighted by atomic mass is 15.1. The van der Waals surface area contributed by atoms with E-state index in [1.54, 1.807) is 0 Å². The van der Waals surface area contributed by atoms with Crippen LogP contribution in [0.3, 0.4) is 0 Å². The maximum absolute atomic E-state index is 2.81. The van der Waals surface area contributed by atoms with Gasteiger partial charge in [0, 0.05) is 6.54 Å². The van der Waals surface area contributed by atoms with Gasteiger partial charge in [-0.25, -0.2) is 0 Å². The highest BCUT2D eigenvalue weighted by Gasteiger charge is 2.18. The molecule has 1 fully saturated rings. The molecule has 0 N–H and O–H groups in total. The maximum Gasteiger partial charge on any atom is 0.000966 e. The molecule has 1 heteroatoms. The summed E-state index contributed by atoms with van der Waals surface area (Å²) in [7, 11) is 0. The van der Waals surface area contributed by atoms with Crippen LogP contribution in [0.5, 0.6) is 0 Å². The Bertz CT molecular complexity index is 369. The largest absolute Gasteiger partial charge is 0.303 e. The fourth-order valence-electron chi connectivity index (χ4n) is 6.39. The molecule has 1 aliphatic heterocycles. The lowest BCUT2D eigenvalue weighted by atomic mass is 9.92. The van der Waals surface area contributed by atoms with E-state index >= 15 is 0 Å². The van der Waals surface area contributed by atoms with Gasteiger partial charge in [0.15, 0.2) is 0 Å². The van der Waals surface area contributed by atoms with Crippen molar-refractivity contribution in [3.05, 3.63) is 0 Å². The van der Waals surface area contributed by atoms with Crippen LogP contribution in [-0.4, -0.2) is 24.5 Å². The molecule has 1 unspecified atom stereocenters. The van der Waals surface area contributed by atoms with E-state index in [1.807, 2.05) is 0 Å². The minimum absolute atomic E-state index is 1.01. The smallest absolute Gasteiger partial charge is 0.000966 e. The van der Waals surface area contributed by atoms with Gasteiger partial charge < -0.3 is 4.90 Å². The molecule has 0 saturated carbocycles. The lowest BCUT2D eigenvalue weighted by molar-refractivity contribution is 0.163. The Hall–Kier alpha value is -0.0400. The van der Waals surface area contributed by atoms with Gasteiger partial charge in [-0.1, -0.05) is 174 Å². The molecule has 1 heterocycles. The van der Waals surface area contributed by atoms with Crippen LogP contribution in [0, 0.1) is 5.92 Å². The molecule has 216 valence electrons. The van der Waals surface area contributed by atoms with Gasteiger partial charge in [0.25, 0.3) is 0 Å². The molecule has 36 heavy (non-hydrogen) atoms. The first-order chi connectivity index (χ1) is 17.9. The summed E-state index contributed by atoms with van der Waals surface area (Å²) in [5.74, 6) is 1.01. The third kappa shape index (κ3) is 23.1. The number of likely N-dealkylation sites (tertiary alicyclic amines) is 1. The van der Waals surface area contributed by atoms with Gasteiger partial charge in [0.1, 0.15) is 0 Å². The monoisotopic (exact) mass is 506 g/mol. The van der Waals surface area contributed by atoms with Gasteiger partial charge >= 0.3 is 0 Å². The van der Waals surface area contributed by atoms with Crippen LogP contribution in [-0.2, 0) is 0 Å². The van der Waals surface area contributed by atoms with E-state index in [-0.39, 0.29) is 0 Å². The van der Waals surface area contributed by atoms with E-state index in [0.29, 0.717) is 0 Å². The molecule has 0 radical (unpaired) electrons. The summed E-state index contributed by atoms with van der Waals surface area (Å²) in [5.41, 5.74) is 0. The predicted molar refractivity (Wildman–Crippen MR) is 165 cm³/mol. The normalized spacial score (nSPS) is 16.7. The lowest BCUT2D eigenvalue weighted by Crippen LogP contribution is -2.36. The summed E-state index contributed by atoms with van der Waals surface area (Å²) in [5, 5.41) is 0. The Labute approximate surface area is 230 Å². The van der Waals surface area contributed by atoms with Gasteiger partial charge in [0.2, 0.25) is 0 Å². The van der Waals surface area contributed by atoms with Crippen molar-refractivity contribution in [2.75, 3.05) is 19.6 Å². The van der Waals surface area contributed by atoms with Crippen LogP contribution in [0.25, 0.3) is 0 Å². The van der Waals surface area contributed by atoms with Crippen molar-refractivity contribution in [2.45, 2.75) is 200 Å². The average molecular weight is 506 g/mol. The Morgan fingerprint density at radius 3 is 1.22 bits per heavy atom. The zero-order valence-electron chi connectivity index (χ0n) is 25.7. The molecular formula is C35H71N. The number of hydrogen-bond acceptors (Lipinski definition) is 1. The van der Waals surface area contributed by atoms with E-state index in [1.165, 1.54) is 206 Å². The molecule has 0 aliphatic carbocycles. The molecule has 0 aromatic rings. The summed E-state index contributed by atoms with van der Waals surface area (Å²) in [6.45, 7) is 8.80. The average Bonchev–Trinajstić information content (AvgIpc) is 2.90. The number of piperidine rings is 1. The van der Waals surface area contributed by atoms with E-state index < -0.39 is 0 Å². The van der Waals surface area contributed by atoms with Gasteiger partial charge in [-0.05, 0) is 44.7 Å². The van der Waals surface area contributed by atoms with Crippen molar-refractivity contribution in [1.82, 2.24) is 4.90 Å². The van der Waals surface area contributed by atoms with Crippen LogP contribution in [0.4, 0.5) is 0 Å². The van der Waals surface area contributed by atoms with Crippen molar-refractivity contribution in [2.24, 2.45) is 5.92 Å². The van der Waals surface area contributed by atoms with E-state index in [4.69, 9.17) is 0 Å². The molecule has 1 aliphatic rings. The molecule has 1 nitrogen and oxygen atoms in total. The zero-order chi connectivity index (χ0) is 25.8. The van der Waals surface area contributed by atoms with Gasteiger partial charge in [0.05, 0.1) is 0 Å². The Kier molecular flexibility index (Phi) is 26.4. The van der Waals surface area contributed by atoms with Crippen LogP contribution in [0.2, 0.25) is 0 Å². The molecule has 0 aromatic heterocycles. The van der Waals surface area contributed by atoms with Gasteiger partial charge in [-0.15, -0.1) is 0 Å². The highest BCUT2D eigenvalue weighted by Crippen LogP contribution is 2.23. The summed E-state index contributed by atoms with van der Waals surface area (Å²) in [4.78, 5) is 2.81. The minimum Gasteiger partial charge on any atom is -0.303 e. The molecule has 1 rings (SSSR count). The summed E-state index contributed by atoms with van der Waals surface area (Å²) in [6.07, 6.45) is 42.7. The quantitative estimate of drug-likeness (QED) is 0.0955. The molecule has 0 spiro atoms. The number of hydrogen-bond donors (Lipinski definition) is 0. The minimum atomic E-state index is 1.01. The summed E-state index contributed by atoms with van der Waals surface area (Å²) < 4.78 is 0. The molecular weight excluding hydrogens is 434 g/mol. The topological polar surface area (TPSA) is 3.24 Å². The Balaban J connectivity index is 1.82. The maximum atomic E-state index is 2.81. The molecule has 1 atom stereocenters. The standard InChI is InChI=1S/C35H71N/c1-3-5-7-9-11-13-15-17-19-21-23-25-27-30-35-31-29-33-36(34-35)32-28-26-24-22-20-18-16-14-12-10-8-6-4-2/h35H,3-34H2,1-2H3. The van der Waals surface area contributed by atoms with Gasteiger partial charge in [-0.3, -0.25) is 0 Å². The lowest BCUT2D eigenvalue weighted by Gasteiger charge is -2.32. The first kappa shape index (κ1) is 34.0. The Morgan fingerprint density at radius 1 is 0.444 bits per heavy atom. The van der Waals surface area contributed by atoms with Crippen molar-refractivity contribution >= 4 is 0 Å². The van der Waals surface area contributed by atoms with Crippen LogP contribution >= 0.6 is 0 Å². The second-order valence-electron chi connectivity index (χ2n) is 12.6. The number of unbranched alkanes of at least 4 members (excludes halogenated alkanes) is 24. The van der Waals surface area contributed by atoms with Crippen molar-refractivity contribution in [1.29, 1.82) is 0 Å². The third-order valence-electron chi connectivity index (χ3n) is 8.90. The fourth-order valence-corrected chi connectivity index (χ4v) is 6.39. The van der Waals surface area contributed by atoms with Crippen LogP contribution < -0.4 is 0 Å². The zero-order valence-corrected chi connectivity index (χ0v) is 25.7. The predicted octanol–water partition coefficient (Wildman–Crippen LogP) is 12.3. The molecule has 0 amide bonds. The van der Waals surface area contributed by atoms with Crippen molar-refractivity contribution in [3.8, 4) is 0 Å². The second-order valence-corrected chi connectivity index (χ2v) is 12.6. The molecule has 0 bridgehead atoms. The first-order valence-corrected chi connectivity index (χ1v) is 17.6.